The van der Waals surface area contributed by atoms with Crippen LogP contribution in [0.2, 0.25) is 0 Å². The summed E-state index contributed by atoms with van der Waals surface area (Å²) in [5, 5.41) is 5.48. The molecule has 5 nitrogen and oxygen atoms in total. The van der Waals surface area contributed by atoms with E-state index in [4.69, 9.17) is 19.9 Å². The van der Waals surface area contributed by atoms with Gasteiger partial charge < -0.3 is 0 Å². The van der Waals surface area contributed by atoms with Gasteiger partial charge in [0.25, 0.3) is 0 Å². The Bertz CT molecular complexity index is 2400. The normalized spacial score (nSPS) is 11.5. The molecule has 0 amide bonds. The first-order valence-electron chi connectivity index (χ1n) is 15.3. The maximum atomic E-state index is 5.23. The Morgan fingerprint density at radius 1 is 0.391 bits per heavy atom. The van der Waals surface area contributed by atoms with Gasteiger partial charge in [-0.3, -0.25) is 0 Å². The minimum absolute atomic E-state index is 0.576. The Kier molecular flexibility index (Phi) is 6.06. The zero-order valence-electron chi connectivity index (χ0n) is 24.7. The number of para-hydroxylation sites is 1. The lowest BCUT2D eigenvalue weighted by Crippen LogP contribution is -2.32. The molecule has 3 aromatic heterocycles. The molecule has 0 saturated carbocycles. The lowest BCUT2D eigenvalue weighted by Gasteiger charge is -2.12. The number of pyridine rings is 1. The standard InChI is InChI=1S/C41H26N5/c1-3-14-29(15-4-1)38-33-24-22-27-12-7-9-18-31(27)39(33)45-41(44-38)35-21-11-20-34(42-35)36-26-46(30-16-5-2-6-17-30)37-25-23-28-13-8-10-19-32(28)40(37)43-36/h1-26H/q+1. The van der Waals surface area contributed by atoms with E-state index >= 15 is 0 Å². The van der Waals surface area contributed by atoms with Gasteiger partial charge in [-0.05, 0) is 35.0 Å². The average Bonchev–Trinajstić information content (AvgIpc) is 3.14. The summed E-state index contributed by atoms with van der Waals surface area (Å²) in [6.45, 7) is 0. The molecule has 0 aliphatic rings. The lowest BCUT2D eigenvalue weighted by molar-refractivity contribution is -0.567. The van der Waals surface area contributed by atoms with Crippen molar-refractivity contribution in [1.29, 1.82) is 0 Å². The van der Waals surface area contributed by atoms with Crippen molar-refractivity contribution < 1.29 is 4.57 Å². The van der Waals surface area contributed by atoms with Crippen LogP contribution in [0.4, 0.5) is 0 Å². The molecule has 0 saturated heterocycles. The van der Waals surface area contributed by atoms with Crippen molar-refractivity contribution in [1.82, 2.24) is 19.9 Å². The first-order valence-corrected chi connectivity index (χ1v) is 15.3. The number of benzene rings is 6. The van der Waals surface area contributed by atoms with Crippen LogP contribution in [-0.4, -0.2) is 19.9 Å². The van der Waals surface area contributed by atoms with E-state index in [1.165, 1.54) is 0 Å². The largest absolute Gasteiger partial charge is 0.243 e. The molecule has 0 aliphatic heterocycles. The van der Waals surface area contributed by atoms with Crippen LogP contribution < -0.4 is 4.57 Å². The average molecular weight is 589 g/mol. The minimum atomic E-state index is 0.576. The molecule has 0 atom stereocenters. The molecule has 0 spiro atoms. The molecular formula is C41H26N5+. The molecule has 0 radical (unpaired) electrons. The monoisotopic (exact) mass is 588 g/mol. The van der Waals surface area contributed by atoms with Crippen LogP contribution in [0.25, 0.3) is 83.3 Å². The predicted octanol–water partition coefficient (Wildman–Crippen LogP) is 9.16. The smallest absolute Gasteiger partial charge is 0.237 e. The molecule has 6 aromatic carbocycles. The molecule has 3 heterocycles. The highest BCUT2D eigenvalue weighted by Gasteiger charge is 2.20. The van der Waals surface area contributed by atoms with Gasteiger partial charge in [0.15, 0.2) is 11.5 Å². The Balaban J connectivity index is 1.28. The quantitative estimate of drug-likeness (QED) is 0.152. The van der Waals surface area contributed by atoms with Crippen molar-refractivity contribution in [2.75, 3.05) is 0 Å². The highest BCUT2D eigenvalue weighted by Crippen LogP contribution is 2.33. The van der Waals surface area contributed by atoms with Gasteiger partial charge in [-0.15, -0.1) is 0 Å². The van der Waals surface area contributed by atoms with Gasteiger partial charge >= 0.3 is 0 Å². The third-order valence-electron chi connectivity index (χ3n) is 8.54. The van der Waals surface area contributed by atoms with Crippen LogP contribution in [0.5, 0.6) is 0 Å². The highest BCUT2D eigenvalue weighted by atomic mass is 15.0. The summed E-state index contributed by atoms with van der Waals surface area (Å²) in [6.07, 6.45) is 2.07. The summed E-state index contributed by atoms with van der Waals surface area (Å²) >= 11 is 0. The molecule has 0 bridgehead atoms. The molecule has 0 fully saturated rings. The van der Waals surface area contributed by atoms with E-state index in [1.54, 1.807) is 0 Å². The van der Waals surface area contributed by atoms with Gasteiger partial charge in [-0.25, -0.2) is 19.9 Å². The van der Waals surface area contributed by atoms with Crippen molar-refractivity contribution >= 4 is 43.5 Å². The third kappa shape index (κ3) is 4.37. The third-order valence-corrected chi connectivity index (χ3v) is 8.54. The van der Waals surface area contributed by atoms with E-state index < -0.39 is 0 Å². The van der Waals surface area contributed by atoms with Crippen molar-refractivity contribution in [3.05, 3.63) is 158 Å². The fourth-order valence-electron chi connectivity index (χ4n) is 6.32. The Hall–Kier alpha value is -6.33. The van der Waals surface area contributed by atoms with Gasteiger partial charge in [0.05, 0.1) is 16.9 Å². The molecule has 9 aromatic rings. The predicted molar refractivity (Wildman–Crippen MR) is 185 cm³/mol. The first kappa shape index (κ1) is 26.1. The Morgan fingerprint density at radius 2 is 1.04 bits per heavy atom. The SMILES string of the molecule is c1ccc(-c2nc(-c3cccc(-c4c[n+](-c5ccccc5)c5ccc6ccccc6c5n4)n3)nc3c2ccc2ccccc23)cc1. The van der Waals surface area contributed by atoms with Gasteiger partial charge in [0.1, 0.15) is 11.2 Å². The van der Waals surface area contributed by atoms with Crippen LogP contribution in [-0.2, 0) is 0 Å². The molecule has 9 rings (SSSR count). The van der Waals surface area contributed by atoms with E-state index in [2.05, 4.69) is 120 Å². The van der Waals surface area contributed by atoms with E-state index in [1.807, 2.05) is 42.5 Å². The number of aromatic nitrogens is 5. The van der Waals surface area contributed by atoms with Gasteiger partial charge in [-0.1, -0.05) is 109 Å². The lowest BCUT2D eigenvalue weighted by atomic mass is 10.0. The summed E-state index contributed by atoms with van der Waals surface area (Å²) in [7, 11) is 0. The number of hydrogen-bond donors (Lipinski definition) is 0. The topological polar surface area (TPSA) is 55.4 Å². The first-order chi connectivity index (χ1) is 22.8. The molecule has 0 unspecified atom stereocenters. The Morgan fingerprint density at radius 3 is 1.83 bits per heavy atom. The minimum Gasteiger partial charge on any atom is -0.243 e. The Labute approximate surface area is 265 Å². The van der Waals surface area contributed by atoms with E-state index in [9.17, 15) is 0 Å². The van der Waals surface area contributed by atoms with Crippen LogP contribution in [0.3, 0.4) is 0 Å². The van der Waals surface area contributed by atoms with E-state index in [-0.39, 0.29) is 0 Å². The summed E-state index contributed by atoms with van der Waals surface area (Å²) in [4.78, 5) is 20.7. The molecule has 0 N–H and O–H groups in total. The van der Waals surface area contributed by atoms with Crippen LogP contribution >= 0.6 is 0 Å². The maximum absolute atomic E-state index is 5.23. The molecule has 5 heteroatoms. The maximum Gasteiger partial charge on any atom is 0.237 e. The van der Waals surface area contributed by atoms with Gasteiger partial charge in [-0.2, -0.15) is 4.57 Å². The molecular weight excluding hydrogens is 562 g/mol. The van der Waals surface area contributed by atoms with Crippen molar-refractivity contribution in [2.45, 2.75) is 0 Å². The zero-order chi connectivity index (χ0) is 30.5. The number of nitrogens with zero attached hydrogens (tertiary/aromatic N) is 5. The summed E-state index contributed by atoms with van der Waals surface area (Å²) in [5.74, 6) is 0.576. The van der Waals surface area contributed by atoms with Crippen LogP contribution in [0.1, 0.15) is 0 Å². The fourth-order valence-corrected chi connectivity index (χ4v) is 6.32. The van der Waals surface area contributed by atoms with Gasteiger partial charge in [0.2, 0.25) is 17.4 Å². The highest BCUT2D eigenvalue weighted by molar-refractivity contribution is 6.09. The summed E-state index contributed by atoms with van der Waals surface area (Å²) in [6, 6.07) is 52.0. The van der Waals surface area contributed by atoms with Crippen LogP contribution in [0.15, 0.2) is 158 Å². The summed E-state index contributed by atoms with van der Waals surface area (Å²) < 4.78 is 2.20. The van der Waals surface area contributed by atoms with Crippen LogP contribution in [0, 0.1) is 0 Å². The number of rotatable bonds is 4. The zero-order valence-corrected chi connectivity index (χ0v) is 24.7. The second-order valence-corrected chi connectivity index (χ2v) is 11.3. The summed E-state index contributed by atoms with van der Waals surface area (Å²) in [5.41, 5.74) is 8.05. The van der Waals surface area contributed by atoms with Crippen molar-refractivity contribution in [3.8, 4) is 39.9 Å². The fraction of sp³-hybridized carbons (Fsp3) is 0. The van der Waals surface area contributed by atoms with Gasteiger partial charge in [0, 0.05) is 39.9 Å². The second kappa shape index (κ2) is 10.7. The number of fused-ring (bicyclic) bond motifs is 6. The van der Waals surface area contributed by atoms with Crippen molar-refractivity contribution in [2.24, 2.45) is 0 Å². The number of hydrogen-bond acceptors (Lipinski definition) is 4. The van der Waals surface area contributed by atoms with Crippen molar-refractivity contribution in [3.63, 3.8) is 0 Å². The van der Waals surface area contributed by atoms with E-state index in [0.717, 1.165) is 71.8 Å². The molecule has 214 valence electrons. The second-order valence-electron chi connectivity index (χ2n) is 11.3. The molecule has 46 heavy (non-hydrogen) atoms. The molecule has 0 aliphatic carbocycles. The van der Waals surface area contributed by atoms with E-state index in [0.29, 0.717) is 11.5 Å².